The van der Waals surface area contributed by atoms with E-state index < -0.39 is 10.0 Å². The number of benzene rings is 3. The van der Waals surface area contributed by atoms with Crippen LogP contribution < -0.4 is 24.4 Å². The second-order valence-corrected chi connectivity index (χ2v) is 10.5. The number of para-hydroxylation sites is 2. The highest BCUT2D eigenvalue weighted by Crippen LogP contribution is 2.30. The van der Waals surface area contributed by atoms with Crippen LogP contribution in [0, 0.1) is 0 Å². The summed E-state index contributed by atoms with van der Waals surface area (Å²) in [6.45, 7) is 6.49. The molecule has 0 bridgehead atoms. The van der Waals surface area contributed by atoms with Crippen molar-refractivity contribution in [2.45, 2.75) is 18.7 Å². The van der Waals surface area contributed by atoms with E-state index in [1.165, 1.54) is 16.4 Å². The van der Waals surface area contributed by atoms with Crippen LogP contribution >= 0.6 is 0 Å². The Bertz CT molecular complexity index is 1350. The number of hydrogen-bond donors (Lipinski definition) is 1. The standard InChI is InChI=1S/C28H33N3O6S/c1-4-36-26-15-10-21(20-27(26)37-5-2)28(32)29-22-11-13-23(14-12-22)38(33,34)31-18-16-30(17-19-31)24-8-6-7-9-25(24)35-3/h6-15,20H,4-5,16-19H2,1-3H3,(H,29,32). The maximum atomic E-state index is 13.3. The van der Waals surface area contributed by atoms with E-state index in [9.17, 15) is 13.2 Å². The fraction of sp³-hybridized carbons (Fsp3) is 0.321. The Labute approximate surface area is 224 Å². The fourth-order valence-electron chi connectivity index (χ4n) is 4.32. The molecule has 0 atom stereocenters. The molecule has 0 aromatic heterocycles. The van der Waals surface area contributed by atoms with Crippen LogP contribution in [0.2, 0.25) is 0 Å². The van der Waals surface area contributed by atoms with Gasteiger partial charge in [0.15, 0.2) is 11.5 Å². The average molecular weight is 540 g/mol. The van der Waals surface area contributed by atoms with Crippen molar-refractivity contribution < 1.29 is 27.4 Å². The van der Waals surface area contributed by atoms with Gasteiger partial charge in [-0.2, -0.15) is 4.31 Å². The number of nitrogens with one attached hydrogen (secondary N) is 1. The molecule has 0 aliphatic carbocycles. The number of piperazine rings is 1. The Kier molecular flexibility index (Phi) is 8.75. The second kappa shape index (κ2) is 12.2. The van der Waals surface area contributed by atoms with Crippen LogP contribution in [0.1, 0.15) is 24.2 Å². The summed E-state index contributed by atoms with van der Waals surface area (Å²) in [6, 6.07) is 18.9. The first-order valence-electron chi connectivity index (χ1n) is 12.6. The van der Waals surface area contributed by atoms with Crippen LogP contribution in [0.4, 0.5) is 11.4 Å². The number of anilines is 2. The van der Waals surface area contributed by atoms with Crippen molar-refractivity contribution >= 4 is 27.3 Å². The first-order chi connectivity index (χ1) is 18.4. The van der Waals surface area contributed by atoms with Crippen LogP contribution in [-0.2, 0) is 10.0 Å². The lowest BCUT2D eigenvalue weighted by Gasteiger charge is -2.35. The molecule has 1 aliphatic rings. The lowest BCUT2D eigenvalue weighted by atomic mass is 10.2. The van der Waals surface area contributed by atoms with Gasteiger partial charge in [0.1, 0.15) is 5.75 Å². The summed E-state index contributed by atoms with van der Waals surface area (Å²) in [5, 5.41) is 2.81. The van der Waals surface area contributed by atoms with E-state index in [0.29, 0.717) is 62.1 Å². The molecular formula is C28H33N3O6S. The minimum atomic E-state index is -3.67. The number of nitrogens with zero attached hydrogens (tertiary/aromatic N) is 2. The molecule has 10 heteroatoms. The molecular weight excluding hydrogens is 506 g/mol. The fourth-order valence-corrected chi connectivity index (χ4v) is 5.74. The van der Waals surface area contributed by atoms with Crippen molar-refractivity contribution in [3.8, 4) is 17.2 Å². The van der Waals surface area contributed by atoms with E-state index in [4.69, 9.17) is 14.2 Å². The Morgan fingerprint density at radius 3 is 2.16 bits per heavy atom. The van der Waals surface area contributed by atoms with Gasteiger partial charge in [-0.1, -0.05) is 12.1 Å². The van der Waals surface area contributed by atoms with Crippen LogP contribution in [-0.4, -0.2) is 65.1 Å². The number of carbonyl (C=O) groups is 1. The summed E-state index contributed by atoms with van der Waals surface area (Å²) in [7, 11) is -2.04. The summed E-state index contributed by atoms with van der Waals surface area (Å²) in [5.41, 5.74) is 1.84. The molecule has 0 unspecified atom stereocenters. The highest BCUT2D eigenvalue weighted by Gasteiger charge is 2.29. The lowest BCUT2D eigenvalue weighted by Crippen LogP contribution is -2.48. The molecule has 9 nitrogen and oxygen atoms in total. The van der Waals surface area contributed by atoms with Gasteiger partial charge in [-0.25, -0.2) is 8.42 Å². The van der Waals surface area contributed by atoms with Gasteiger partial charge in [-0.3, -0.25) is 4.79 Å². The molecule has 0 radical (unpaired) electrons. The molecule has 1 N–H and O–H groups in total. The predicted molar refractivity (Wildman–Crippen MR) is 147 cm³/mol. The van der Waals surface area contributed by atoms with E-state index in [2.05, 4.69) is 10.2 Å². The number of ether oxygens (including phenoxy) is 3. The summed E-state index contributed by atoms with van der Waals surface area (Å²) in [4.78, 5) is 15.1. The largest absolute Gasteiger partial charge is 0.495 e. The Morgan fingerprint density at radius 2 is 1.50 bits per heavy atom. The van der Waals surface area contributed by atoms with E-state index in [1.54, 1.807) is 37.4 Å². The first-order valence-corrected chi connectivity index (χ1v) is 14.0. The molecule has 1 heterocycles. The highest BCUT2D eigenvalue weighted by molar-refractivity contribution is 7.89. The van der Waals surface area contributed by atoms with E-state index in [-0.39, 0.29) is 10.8 Å². The molecule has 3 aromatic carbocycles. The van der Waals surface area contributed by atoms with Crippen molar-refractivity contribution in [3.05, 3.63) is 72.3 Å². The van der Waals surface area contributed by atoms with Gasteiger partial charge in [0, 0.05) is 37.4 Å². The number of methoxy groups -OCH3 is 1. The topological polar surface area (TPSA) is 97.4 Å². The number of sulfonamides is 1. The van der Waals surface area contributed by atoms with Crippen molar-refractivity contribution in [1.82, 2.24) is 4.31 Å². The minimum absolute atomic E-state index is 0.181. The van der Waals surface area contributed by atoms with Crippen LogP contribution in [0.3, 0.4) is 0 Å². The summed E-state index contributed by atoms with van der Waals surface area (Å²) >= 11 is 0. The summed E-state index contributed by atoms with van der Waals surface area (Å²) in [6.07, 6.45) is 0. The third-order valence-electron chi connectivity index (χ3n) is 6.22. The number of amides is 1. The molecule has 202 valence electrons. The summed E-state index contributed by atoms with van der Waals surface area (Å²) in [5.74, 6) is 1.50. The molecule has 0 spiro atoms. The lowest BCUT2D eigenvalue weighted by molar-refractivity contribution is 0.102. The maximum absolute atomic E-state index is 13.3. The smallest absolute Gasteiger partial charge is 0.255 e. The van der Waals surface area contributed by atoms with Gasteiger partial charge in [-0.15, -0.1) is 0 Å². The second-order valence-electron chi connectivity index (χ2n) is 8.57. The summed E-state index contributed by atoms with van der Waals surface area (Å²) < 4.78 is 44.6. The molecule has 4 rings (SSSR count). The van der Waals surface area contributed by atoms with E-state index in [1.807, 2.05) is 38.1 Å². The Hall–Kier alpha value is -3.76. The van der Waals surface area contributed by atoms with Gasteiger partial charge >= 0.3 is 0 Å². The van der Waals surface area contributed by atoms with Crippen molar-refractivity contribution in [2.75, 3.05) is 56.7 Å². The maximum Gasteiger partial charge on any atom is 0.255 e. The molecule has 0 saturated carbocycles. The monoisotopic (exact) mass is 539 g/mol. The van der Waals surface area contributed by atoms with Gasteiger partial charge in [0.05, 0.1) is 30.9 Å². The highest BCUT2D eigenvalue weighted by atomic mass is 32.2. The molecule has 1 aliphatic heterocycles. The van der Waals surface area contributed by atoms with Crippen molar-refractivity contribution in [1.29, 1.82) is 0 Å². The molecule has 1 fully saturated rings. The van der Waals surface area contributed by atoms with Gasteiger partial charge in [-0.05, 0) is 68.4 Å². The Balaban J connectivity index is 1.40. The third kappa shape index (κ3) is 6.03. The molecule has 1 amide bonds. The van der Waals surface area contributed by atoms with Crippen LogP contribution in [0.15, 0.2) is 71.6 Å². The minimum Gasteiger partial charge on any atom is -0.495 e. The van der Waals surface area contributed by atoms with Gasteiger partial charge in [0.25, 0.3) is 5.91 Å². The zero-order valence-electron chi connectivity index (χ0n) is 21.8. The first kappa shape index (κ1) is 27.3. The zero-order valence-corrected chi connectivity index (χ0v) is 22.7. The van der Waals surface area contributed by atoms with Crippen molar-refractivity contribution in [3.63, 3.8) is 0 Å². The van der Waals surface area contributed by atoms with E-state index in [0.717, 1.165) is 11.4 Å². The SMILES string of the molecule is CCOc1ccc(C(=O)Nc2ccc(S(=O)(=O)N3CCN(c4ccccc4OC)CC3)cc2)cc1OCC. The quantitative estimate of drug-likeness (QED) is 0.411. The number of carbonyl (C=O) groups excluding carboxylic acids is 1. The normalized spacial score (nSPS) is 14.1. The van der Waals surface area contributed by atoms with Crippen LogP contribution in [0.5, 0.6) is 17.2 Å². The van der Waals surface area contributed by atoms with Gasteiger partial charge in [0.2, 0.25) is 10.0 Å². The molecule has 3 aromatic rings. The molecule has 38 heavy (non-hydrogen) atoms. The Morgan fingerprint density at radius 1 is 0.842 bits per heavy atom. The third-order valence-corrected chi connectivity index (χ3v) is 8.13. The zero-order chi connectivity index (χ0) is 27.1. The van der Waals surface area contributed by atoms with Gasteiger partial charge < -0.3 is 24.4 Å². The number of hydrogen-bond acceptors (Lipinski definition) is 7. The van der Waals surface area contributed by atoms with E-state index >= 15 is 0 Å². The van der Waals surface area contributed by atoms with Crippen LogP contribution in [0.25, 0.3) is 0 Å². The number of rotatable bonds is 10. The predicted octanol–water partition coefficient (Wildman–Crippen LogP) is 4.26. The van der Waals surface area contributed by atoms with Crippen molar-refractivity contribution in [2.24, 2.45) is 0 Å². The molecule has 1 saturated heterocycles. The average Bonchev–Trinajstić information content (AvgIpc) is 2.94.